The average Bonchev–Trinajstić information content (AvgIpc) is 3.15. The van der Waals surface area contributed by atoms with Crippen molar-refractivity contribution in [3.8, 4) is 17.6 Å². The molecule has 3 aromatic heterocycles. The molecule has 0 spiro atoms. The van der Waals surface area contributed by atoms with Crippen molar-refractivity contribution in [3.63, 3.8) is 0 Å². The van der Waals surface area contributed by atoms with Crippen molar-refractivity contribution < 1.29 is 18.8 Å². The summed E-state index contributed by atoms with van der Waals surface area (Å²) in [5.74, 6) is -0.589. The summed E-state index contributed by atoms with van der Waals surface area (Å²) < 4.78 is 27.3. The Kier molecular flexibility index (Phi) is 3.96. The third-order valence-electron chi connectivity index (χ3n) is 5.24. The molecule has 0 saturated heterocycles. The van der Waals surface area contributed by atoms with Crippen LogP contribution in [0.25, 0.3) is 28.1 Å². The SMILES string of the molecule is COCCn1c(=O)c2c(-c3noc(C4(O)CC4)n3)ncn2c2ccc(F)c(C#N)c21. The number of hydrogen-bond donors (Lipinski definition) is 1. The van der Waals surface area contributed by atoms with E-state index < -0.39 is 17.0 Å². The van der Waals surface area contributed by atoms with E-state index in [-0.39, 0.29) is 47.2 Å². The molecule has 0 radical (unpaired) electrons. The van der Waals surface area contributed by atoms with Crippen LogP contribution in [0.4, 0.5) is 4.39 Å². The van der Waals surface area contributed by atoms with E-state index in [9.17, 15) is 19.6 Å². The fourth-order valence-corrected chi connectivity index (χ4v) is 3.49. The van der Waals surface area contributed by atoms with Crippen LogP contribution < -0.4 is 5.56 Å². The first-order valence-corrected chi connectivity index (χ1v) is 9.16. The topological polar surface area (TPSA) is 131 Å². The van der Waals surface area contributed by atoms with Gasteiger partial charge in [-0.15, -0.1) is 0 Å². The van der Waals surface area contributed by atoms with Crippen molar-refractivity contribution >= 4 is 16.6 Å². The molecule has 0 bridgehead atoms. The summed E-state index contributed by atoms with van der Waals surface area (Å²) in [7, 11) is 1.48. The van der Waals surface area contributed by atoms with Gasteiger partial charge in [-0.1, -0.05) is 5.16 Å². The van der Waals surface area contributed by atoms with E-state index in [4.69, 9.17) is 9.26 Å². The number of nitriles is 1. The van der Waals surface area contributed by atoms with Gasteiger partial charge in [-0.05, 0) is 25.0 Å². The zero-order valence-electron chi connectivity index (χ0n) is 15.8. The molecule has 1 saturated carbocycles. The fraction of sp³-hybridized carbons (Fsp3) is 0.316. The Morgan fingerprint density at radius 1 is 1.40 bits per heavy atom. The number of ether oxygens (including phenoxy) is 1. The molecule has 1 aliphatic rings. The molecule has 10 nitrogen and oxygen atoms in total. The molecule has 0 aliphatic heterocycles. The molecule has 0 unspecified atom stereocenters. The number of halogens is 1. The highest BCUT2D eigenvalue weighted by molar-refractivity contribution is 5.87. The molecular weight excluding hydrogens is 395 g/mol. The van der Waals surface area contributed by atoms with Crippen molar-refractivity contribution in [2.75, 3.05) is 13.7 Å². The molecule has 1 aliphatic carbocycles. The third-order valence-corrected chi connectivity index (χ3v) is 5.24. The first kappa shape index (κ1) is 18.4. The third kappa shape index (κ3) is 2.54. The second-order valence-corrected chi connectivity index (χ2v) is 7.12. The Labute approximate surface area is 167 Å². The lowest BCUT2D eigenvalue weighted by Gasteiger charge is -2.13. The Morgan fingerprint density at radius 3 is 2.90 bits per heavy atom. The lowest BCUT2D eigenvalue weighted by atomic mass is 10.1. The largest absolute Gasteiger partial charge is 0.383 e. The highest BCUT2D eigenvalue weighted by atomic mass is 19.1. The summed E-state index contributed by atoms with van der Waals surface area (Å²) in [5.41, 5.74) is -0.995. The quantitative estimate of drug-likeness (QED) is 0.521. The average molecular weight is 410 g/mol. The van der Waals surface area contributed by atoms with E-state index in [0.29, 0.717) is 18.4 Å². The van der Waals surface area contributed by atoms with Gasteiger partial charge in [-0.3, -0.25) is 9.20 Å². The number of rotatable bonds is 5. The predicted octanol–water partition coefficient (Wildman–Crippen LogP) is 1.34. The Bertz CT molecular complexity index is 1410. The molecule has 1 aromatic carbocycles. The van der Waals surface area contributed by atoms with Crippen LogP contribution in [-0.4, -0.2) is 42.9 Å². The van der Waals surface area contributed by atoms with Gasteiger partial charge < -0.3 is 18.9 Å². The molecule has 30 heavy (non-hydrogen) atoms. The highest BCUT2D eigenvalue weighted by Gasteiger charge is 2.48. The standard InChI is InChI=1S/C19H15FN6O4/c1-29-7-6-25-14-10(8-21)11(20)2-3-12(14)26-9-22-13(15(26)17(25)27)16-23-18(30-24-16)19(28)4-5-19/h2-3,9,28H,4-7H2,1H3. The lowest BCUT2D eigenvalue weighted by molar-refractivity contribution is 0.108. The van der Waals surface area contributed by atoms with Gasteiger partial charge in [0.25, 0.3) is 11.4 Å². The molecular formula is C19H15FN6O4. The van der Waals surface area contributed by atoms with Crippen LogP contribution >= 0.6 is 0 Å². The van der Waals surface area contributed by atoms with Gasteiger partial charge >= 0.3 is 0 Å². The maximum atomic E-state index is 14.3. The van der Waals surface area contributed by atoms with Gasteiger partial charge in [-0.25, -0.2) is 9.37 Å². The second kappa shape index (κ2) is 6.45. The Balaban J connectivity index is 1.83. The number of methoxy groups -OCH3 is 1. The van der Waals surface area contributed by atoms with E-state index in [0.717, 1.165) is 0 Å². The molecule has 1 fully saturated rings. The minimum atomic E-state index is -1.12. The van der Waals surface area contributed by atoms with Gasteiger partial charge in [-0.2, -0.15) is 10.2 Å². The summed E-state index contributed by atoms with van der Waals surface area (Å²) in [4.78, 5) is 21.9. The van der Waals surface area contributed by atoms with Gasteiger partial charge in [0.15, 0.2) is 0 Å². The van der Waals surface area contributed by atoms with Gasteiger partial charge in [0.05, 0.1) is 17.6 Å². The smallest absolute Gasteiger partial charge is 0.277 e. The number of hydrogen-bond acceptors (Lipinski definition) is 8. The predicted molar refractivity (Wildman–Crippen MR) is 99.9 cm³/mol. The second-order valence-electron chi connectivity index (χ2n) is 7.12. The summed E-state index contributed by atoms with van der Waals surface area (Å²) in [5, 5.41) is 23.5. The van der Waals surface area contributed by atoms with E-state index in [1.165, 1.54) is 34.5 Å². The van der Waals surface area contributed by atoms with E-state index in [1.807, 2.05) is 6.07 Å². The van der Waals surface area contributed by atoms with Crippen molar-refractivity contribution in [3.05, 3.63) is 46.1 Å². The zero-order chi connectivity index (χ0) is 21.0. The van der Waals surface area contributed by atoms with Crippen LogP contribution in [0.15, 0.2) is 27.8 Å². The molecule has 152 valence electrons. The minimum absolute atomic E-state index is 0.0604. The maximum absolute atomic E-state index is 14.3. The number of aromatic nitrogens is 5. The number of imidazole rings is 1. The van der Waals surface area contributed by atoms with Crippen LogP contribution in [-0.2, 0) is 16.9 Å². The van der Waals surface area contributed by atoms with Crippen molar-refractivity contribution in [2.45, 2.75) is 25.0 Å². The number of fused-ring (bicyclic) bond motifs is 3. The Morgan fingerprint density at radius 2 is 2.20 bits per heavy atom. The molecule has 0 amide bonds. The zero-order valence-corrected chi connectivity index (χ0v) is 15.8. The molecule has 11 heteroatoms. The van der Waals surface area contributed by atoms with Gasteiger partial charge in [0, 0.05) is 13.7 Å². The van der Waals surface area contributed by atoms with Gasteiger partial charge in [0.1, 0.15) is 40.6 Å². The first-order chi connectivity index (χ1) is 14.5. The monoisotopic (exact) mass is 410 g/mol. The summed E-state index contributed by atoms with van der Waals surface area (Å²) in [6.45, 7) is 0.276. The van der Waals surface area contributed by atoms with Crippen LogP contribution in [0, 0.1) is 17.1 Å². The van der Waals surface area contributed by atoms with Crippen LogP contribution in [0.2, 0.25) is 0 Å². The van der Waals surface area contributed by atoms with Crippen LogP contribution in [0.1, 0.15) is 24.3 Å². The number of nitrogens with zero attached hydrogens (tertiary/aromatic N) is 6. The molecule has 5 rings (SSSR count). The van der Waals surface area contributed by atoms with Crippen molar-refractivity contribution in [1.82, 2.24) is 24.1 Å². The normalized spacial score (nSPS) is 15.0. The van der Waals surface area contributed by atoms with Crippen LogP contribution in [0.5, 0.6) is 0 Å². The Hall–Kier alpha value is -3.62. The van der Waals surface area contributed by atoms with Crippen LogP contribution in [0.3, 0.4) is 0 Å². The first-order valence-electron chi connectivity index (χ1n) is 9.16. The van der Waals surface area contributed by atoms with Gasteiger partial charge in [0.2, 0.25) is 5.82 Å². The van der Waals surface area contributed by atoms with Crippen molar-refractivity contribution in [1.29, 1.82) is 5.26 Å². The molecule has 0 atom stereocenters. The summed E-state index contributed by atoms with van der Waals surface area (Å²) in [6, 6.07) is 4.48. The molecule has 3 heterocycles. The maximum Gasteiger partial charge on any atom is 0.277 e. The molecule has 1 N–H and O–H groups in total. The summed E-state index contributed by atoms with van der Waals surface area (Å²) in [6.07, 6.45) is 2.43. The number of aliphatic hydroxyl groups is 1. The summed E-state index contributed by atoms with van der Waals surface area (Å²) >= 11 is 0. The minimum Gasteiger partial charge on any atom is -0.383 e. The number of benzene rings is 1. The molecule has 4 aromatic rings. The fourth-order valence-electron chi connectivity index (χ4n) is 3.49. The van der Waals surface area contributed by atoms with Crippen molar-refractivity contribution in [2.24, 2.45) is 0 Å². The van der Waals surface area contributed by atoms with E-state index in [2.05, 4.69) is 15.1 Å². The van der Waals surface area contributed by atoms with E-state index in [1.54, 1.807) is 0 Å². The van der Waals surface area contributed by atoms with E-state index >= 15 is 0 Å². The lowest BCUT2D eigenvalue weighted by Crippen LogP contribution is -2.26. The highest BCUT2D eigenvalue weighted by Crippen LogP contribution is 2.44.